The smallest absolute Gasteiger partial charge is 0.214 e. The van der Waals surface area contributed by atoms with Crippen molar-refractivity contribution in [3.63, 3.8) is 0 Å². The highest BCUT2D eigenvalue weighted by Crippen LogP contribution is 2.08. The fourth-order valence-electron chi connectivity index (χ4n) is 1.80. The van der Waals surface area contributed by atoms with Crippen LogP contribution >= 0.6 is 0 Å². The van der Waals surface area contributed by atoms with Gasteiger partial charge in [0.05, 0.1) is 5.75 Å². The van der Waals surface area contributed by atoms with Crippen LogP contribution in [-0.4, -0.2) is 43.1 Å². The summed E-state index contributed by atoms with van der Waals surface area (Å²) in [5.41, 5.74) is 0.903. The van der Waals surface area contributed by atoms with E-state index in [1.54, 1.807) is 19.4 Å². The van der Waals surface area contributed by atoms with Crippen LogP contribution in [0.1, 0.15) is 32.3 Å². The summed E-state index contributed by atoms with van der Waals surface area (Å²) >= 11 is 0. The monoisotopic (exact) mass is 299 g/mol. The molecule has 0 aliphatic heterocycles. The van der Waals surface area contributed by atoms with E-state index in [2.05, 4.69) is 24.1 Å². The summed E-state index contributed by atoms with van der Waals surface area (Å²) in [7, 11) is -1.56. The number of nitrogens with one attached hydrogen (secondary N) is 1. The highest BCUT2D eigenvalue weighted by Gasteiger charge is 2.17. The highest BCUT2D eigenvalue weighted by atomic mass is 32.2. The molecule has 1 rings (SSSR count). The number of pyridine rings is 1. The second-order valence-electron chi connectivity index (χ2n) is 5.25. The van der Waals surface area contributed by atoms with Gasteiger partial charge in [-0.05, 0) is 31.0 Å². The van der Waals surface area contributed by atoms with Gasteiger partial charge in [0.15, 0.2) is 0 Å². The lowest BCUT2D eigenvalue weighted by Crippen LogP contribution is -2.29. The first-order valence-electron chi connectivity index (χ1n) is 6.98. The van der Waals surface area contributed by atoms with Crippen LogP contribution < -0.4 is 5.32 Å². The Balaban J connectivity index is 2.36. The van der Waals surface area contributed by atoms with Gasteiger partial charge in [0.25, 0.3) is 0 Å². The van der Waals surface area contributed by atoms with Gasteiger partial charge >= 0.3 is 0 Å². The Labute approximate surface area is 122 Å². The van der Waals surface area contributed by atoms with Gasteiger partial charge in [0, 0.05) is 32.0 Å². The molecule has 0 unspecified atom stereocenters. The summed E-state index contributed by atoms with van der Waals surface area (Å²) in [5, 5.41) is 3.28. The Bertz CT molecular complexity index is 474. The van der Waals surface area contributed by atoms with Crippen LogP contribution in [-0.2, 0) is 16.6 Å². The molecule has 0 fully saturated rings. The molecule has 20 heavy (non-hydrogen) atoms. The van der Waals surface area contributed by atoms with Crippen LogP contribution in [0.5, 0.6) is 0 Å². The second kappa shape index (κ2) is 8.34. The van der Waals surface area contributed by atoms with Crippen molar-refractivity contribution in [2.45, 2.75) is 39.3 Å². The molecule has 0 spiro atoms. The molecule has 114 valence electrons. The first-order chi connectivity index (χ1) is 9.42. The van der Waals surface area contributed by atoms with Gasteiger partial charge in [0.1, 0.15) is 0 Å². The third-order valence-corrected chi connectivity index (χ3v) is 4.87. The summed E-state index contributed by atoms with van der Waals surface area (Å²) in [6.07, 6.45) is 4.93. The van der Waals surface area contributed by atoms with E-state index < -0.39 is 10.0 Å². The van der Waals surface area contributed by atoms with Gasteiger partial charge in [-0.25, -0.2) is 12.7 Å². The zero-order valence-corrected chi connectivity index (χ0v) is 13.4. The molecule has 0 aliphatic carbocycles. The average molecular weight is 299 g/mol. The number of nitrogens with zero attached hydrogens (tertiary/aromatic N) is 2. The molecule has 0 bridgehead atoms. The van der Waals surface area contributed by atoms with Crippen molar-refractivity contribution in [2.24, 2.45) is 0 Å². The number of unbranched alkanes of at least 4 members (excludes halogenated alkanes) is 1. The molecule has 0 atom stereocenters. The van der Waals surface area contributed by atoms with E-state index in [1.807, 2.05) is 12.1 Å². The molecule has 5 nitrogen and oxygen atoms in total. The van der Waals surface area contributed by atoms with E-state index in [-0.39, 0.29) is 5.75 Å². The van der Waals surface area contributed by atoms with Crippen LogP contribution in [0, 0.1) is 0 Å². The first kappa shape index (κ1) is 17.1. The summed E-state index contributed by atoms with van der Waals surface area (Å²) in [6.45, 7) is 5.40. The summed E-state index contributed by atoms with van der Waals surface area (Å²) in [5.74, 6) is 0.198. The minimum absolute atomic E-state index is 0.198. The van der Waals surface area contributed by atoms with Gasteiger partial charge in [-0.2, -0.15) is 0 Å². The maximum absolute atomic E-state index is 12.1. The number of sulfonamides is 1. The Hall–Kier alpha value is -0.980. The van der Waals surface area contributed by atoms with Crippen LogP contribution in [0.4, 0.5) is 0 Å². The lowest BCUT2D eigenvalue weighted by molar-refractivity contribution is 0.463. The maximum Gasteiger partial charge on any atom is 0.214 e. The van der Waals surface area contributed by atoms with Crippen LogP contribution in [0.3, 0.4) is 0 Å². The molecule has 0 aromatic carbocycles. The van der Waals surface area contributed by atoms with Crippen molar-refractivity contribution in [1.29, 1.82) is 0 Å². The third kappa shape index (κ3) is 6.45. The molecule has 0 saturated heterocycles. The molecule has 1 aromatic heterocycles. The Morgan fingerprint density at radius 1 is 1.35 bits per heavy atom. The lowest BCUT2D eigenvalue weighted by Gasteiger charge is -2.17. The van der Waals surface area contributed by atoms with E-state index in [0.29, 0.717) is 19.0 Å². The van der Waals surface area contributed by atoms with E-state index in [0.717, 1.165) is 18.5 Å². The van der Waals surface area contributed by atoms with Crippen LogP contribution in [0.25, 0.3) is 0 Å². The number of aromatic nitrogens is 1. The third-order valence-electron chi connectivity index (χ3n) is 2.98. The predicted molar refractivity (Wildman–Crippen MR) is 81.9 cm³/mol. The average Bonchev–Trinajstić information content (AvgIpc) is 2.39. The van der Waals surface area contributed by atoms with Crippen molar-refractivity contribution in [1.82, 2.24) is 14.6 Å². The second-order valence-corrected chi connectivity index (χ2v) is 7.44. The van der Waals surface area contributed by atoms with Crippen molar-refractivity contribution >= 4 is 10.0 Å². The first-order valence-corrected chi connectivity index (χ1v) is 8.59. The molecule has 0 aliphatic rings. The van der Waals surface area contributed by atoms with Crippen LogP contribution in [0.2, 0.25) is 0 Å². The van der Waals surface area contributed by atoms with Gasteiger partial charge in [-0.15, -0.1) is 0 Å². The van der Waals surface area contributed by atoms with Gasteiger partial charge in [0.2, 0.25) is 10.0 Å². The number of hydrogen-bond donors (Lipinski definition) is 1. The lowest BCUT2D eigenvalue weighted by atomic mass is 10.3. The highest BCUT2D eigenvalue weighted by molar-refractivity contribution is 7.89. The molecule has 0 amide bonds. The van der Waals surface area contributed by atoms with Gasteiger partial charge < -0.3 is 5.32 Å². The molecule has 6 heteroatoms. The molecule has 1 heterocycles. The topological polar surface area (TPSA) is 62.3 Å². The zero-order valence-electron chi connectivity index (χ0n) is 12.5. The quantitative estimate of drug-likeness (QED) is 0.704. The molecule has 0 saturated carbocycles. The summed E-state index contributed by atoms with van der Waals surface area (Å²) in [6, 6.07) is 4.14. The summed E-state index contributed by atoms with van der Waals surface area (Å²) < 4.78 is 25.6. The summed E-state index contributed by atoms with van der Waals surface area (Å²) in [4.78, 5) is 3.99. The predicted octanol–water partition coefficient (Wildman–Crippen LogP) is 1.62. The zero-order chi connectivity index (χ0) is 15.0. The van der Waals surface area contributed by atoms with Gasteiger partial charge in [-0.3, -0.25) is 4.98 Å². The standard InChI is InChI=1S/C14H25N3O2S/c1-13(2)16-9-4-5-10-20(18,19)17(3)12-14-7-6-8-15-11-14/h6-8,11,13,16H,4-5,9-10,12H2,1-3H3. The van der Waals surface area contributed by atoms with E-state index >= 15 is 0 Å². The van der Waals surface area contributed by atoms with E-state index in [1.165, 1.54) is 4.31 Å². The molecular formula is C14H25N3O2S. The van der Waals surface area contributed by atoms with Crippen molar-refractivity contribution in [3.05, 3.63) is 30.1 Å². The van der Waals surface area contributed by atoms with E-state index in [4.69, 9.17) is 0 Å². The largest absolute Gasteiger partial charge is 0.315 e. The molecular weight excluding hydrogens is 274 g/mol. The Kier molecular flexibility index (Phi) is 7.12. The van der Waals surface area contributed by atoms with Crippen molar-refractivity contribution in [3.8, 4) is 0 Å². The maximum atomic E-state index is 12.1. The van der Waals surface area contributed by atoms with Gasteiger partial charge in [-0.1, -0.05) is 19.9 Å². The van der Waals surface area contributed by atoms with Crippen LogP contribution in [0.15, 0.2) is 24.5 Å². The molecule has 1 N–H and O–H groups in total. The molecule has 1 aromatic rings. The van der Waals surface area contributed by atoms with Crippen molar-refractivity contribution < 1.29 is 8.42 Å². The number of rotatable bonds is 9. The minimum atomic E-state index is -3.18. The van der Waals surface area contributed by atoms with Crippen molar-refractivity contribution in [2.75, 3.05) is 19.3 Å². The Morgan fingerprint density at radius 2 is 2.10 bits per heavy atom. The fourth-order valence-corrected chi connectivity index (χ4v) is 3.03. The fraction of sp³-hybridized carbons (Fsp3) is 0.643. The normalized spacial score (nSPS) is 12.2. The Morgan fingerprint density at radius 3 is 2.70 bits per heavy atom. The van der Waals surface area contributed by atoms with E-state index in [9.17, 15) is 8.42 Å². The molecule has 0 radical (unpaired) electrons. The number of hydrogen-bond acceptors (Lipinski definition) is 4. The SMILES string of the molecule is CC(C)NCCCCS(=O)(=O)N(C)Cc1cccnc1. The minimum Gasteiger partial charge on any atom is -0.315 e.